The highest BCUT2D eigenvalue weighted by atomic mass is 16.5. The van der Waals surface area contributed by atoms with E-state index in [9.17, 15) is 9.59 Å². The van der Waals surface area contributed by atoms with Gasteiger partial charge in [-0.3, -0.25) is 9.59 Å². The molecule has 0 saturated heterocycles. The summed E-state index contributed by atoms with van der Waals surface area (Å²) in [5.74, 6) is 0.318. The molecule has 0 aliphatic heterocycles. The van der Waals surface area contributed by atoms with Gasteiger partial charge in [-0.2, -0.15) is 0 Å². The molecule has 3 N–H and O–H groups in total. The van der Waals surface area contributed by atoms with Crippen molar-refractivity contribution in [2.75, 3.05) is 25.9 Å². The number of carbonyl (C=O) groups is 2. The third-order valence-corrected chi connectivity index (χ3v) is 2.70. The number of hydrogen-bond acceptors (Lipinski definition) is 4. The molecule has 0 aliphatic carbocycles. The summed E-state index contributed by atoms with van der Waals surface area (Å²) in [6.45, 7) is 4.05. The summed E-state index contributed by atoms with van der Waals surface area (Å²) >= 11 is 0. The number of ether oxygens (including phenoxy) is 1. The molecular weight excluding hydrogens is 270 g/mol. The lowest BCUT2D eigenvalue weighted by Crippen LogP contribution is -2.41. The Morgan fingerprint density at radius 3 is 2.71 bits per heavy atom. The number of nitrogens with one attached hydrogen (secondary N) is 1. The summed E-state index contributed by atoms with van der Waals surface area (Å²) in [4.78, 5) is 24.8. The molecular formula is C15H23N3O3. The van der Waals surface area contributed by atoms with Gasteiger partial charge >= 0.3 is 0 Å². The average molecular weight is 293 g/mol. The molecule has 0 bridgehead atoms. The number of hydrogen-bond donors (Lipinski definition) is 2. The maximum Gasteiger partial charge on any atom is 0.239 e. The quantitative estimate of drug-likeness (QED) is 0.735. The monoisotopic (exact) mass is 293 g/mol. The van der Waals surface area contributed by atoms with Crippen molar-refractivity contribution in [3.05, 3.63) is 24.3 Å². The number of amides is 2. The van der Waals surface area contributed by atoms with E-state index in [-0.39, 0.29) is 37.4 Å². The summed E-state index contributed by atoms with van der Waals surface area (Å²) in [6.07, 6.45) is 0.209. The number of nitrogens with two attached hydrogens (primary N) is 1. The van der Waals surface area contributed by atoms with Crippen molar-refractivity contribution >= 4 is 17.5 Å². The minimum Gasteiger partial charge on any atom is -0.493 e. The van der Waals surface area contributed by atoms with Gasteiger partial charge in [0.05, 0.1) is 19.6 Å². The van der Waals surface area contributed by atoms with Crippen molar-refractivity contribution in [2.45, 2.75) is 26.3 Å². The van der Waals surface area contributed by atoms with Gasteiger partial charge < -0.3 is 20.7 Å². The number of nitrogen functional groups attached to an aromatic ring is 1. The van der Waals surface area contributed by atoms with E-state index >= 15 is 0 Å². The summed E-state index contributed by atoms with van der Waals surface area (Å²) < 4.78 is 5.45. The van der Waals surface area contributed by atoms with E-state index in [4.69, 9.17) is 10.5 Å². The first-order chi connectivity index (χ1) is 9.88. The second kappa shape index (κ2) is 8.14. The van der Waals surface area contributed by atoms with Crippen molar-refractivity contribution in [3.8, 4) is 5.75 Å². The Balaban J connectivity index is 2.31. The van der Waals surface area contributed by atoms with Gasteiger partial charge in [0, 0.05) is 24.8 Å². The molecule has 0 fully saturated rings. The topological polar surface area (TPSA) is 84.7 Å². The number of likely N-dealkylation sites (N-methyl/N-ethyl adjacent to an activating group) is 1. The Kier molecular flexibility index (Phi) is 6.52. The average Bonchev–Trinajstić information content (AvgIpc) is 2.37. The molecule has 1 aromatic rings. The van der Waals surface area contributed by atoms with Crippen LogP contribution in [0.15, 0.2) is 24.3 Å². The first-order valence-corrected chi connectivity index (χ1v) is 6.90. The Morgan fingerprint density at radius 1 is 1.38 bits per heavy atom. The van der Waals surface area contributed by atoms with E-state index in [0.29, 0.717) is 11.4 Å². The second-order valence-electron chi connectivity index (χ2n) is 5.14. The van der Waals surface area contributed by atoms with Crippen LogP contribution >= 0.6 is 0 Å². The Hall–Kier alpha value is -2.24. The van der Waals surface area contributed by atoms with Crippen molar-refractivity contribution in [3.63, 3.8) is 0 Å². The van der Waals surface area contributed by atoms with Gasteiger partial charge in [-0.1, -0.05) is 6.07 Å². The van der Waals surface area contributed by atoms with E-state index in [1.807, 2.05) is 13.8 Å². The molecule has 0 saturated carbocycles. The number of nitrogens with zero attached hydrogens (tertiary/aromatic N) is 1. The van der Waals surface area contributed by atoms with Crippen LogP contribution in [0.2, 0.25) is 0 Å². The summed E-state index contributed by atoms with van der Waals surface area (Å²) in [5, 5.41) is 2.74. The van der Waals surface area contributed by atoms with E-state index < -0.39 is 0 Å². The molecule has 0 aliphatic rings. The highest BCUT2D eigenvalue weighted by molar-refractivity contribution is 5.84. The van der Waals surface area contributed by atoms with Gasteiger partial charge in [-0.25, -0.2) is 0 Å². The fourth-order valence-electron chi connectivity index (χ4n) is 1.72. The van der Waals surface area contributed by atoms with Crippen molar-refractivity contribution < 1.29 is 14.3 Å². The van der Waals surface area contributed by atoms with Crippen LogP contribution < -0.4 is 15.8 Å². The SMILES string of the molecule is CC(C)NC(=O)CN(C)C(=O)CCOc1cccc(N)c1. The summed E-state index contributed by atoms with van der Waals surface area (Å²) in [5.41, 5.74) is 6.25. The lowest BCUT2D eigenvalue weighted by molar-refractivity contribution is -0.135. The summed E-state index contributed by atoms with van der Waals surface area (Å²) in [7, 11) is 1.60. The van der Waals surface area contributed by atoms with E-state index in [2.05, 4.69) is 5.32 Å². The minimum absolute atomic E-state index is 0.0509. The summed E-state index contributed by atoms with van der Waals surface area (Å²) in [6, 6.07) is 7.09. The zero-order chi connectivity index (χ0) is 15.8. The Bertz CT molecular complexity index is 489. The smallest absolute Gasteiger partial charge is 0.239 e. The molecule has 0 aromatic heterocycles. The van der Waals surface area contributed by atoms with Crippen molar-refractivity contribution in [1.82, 2.24) is 10.2 Å². The molecule has 0 unspecified atom stereocenters. The number of benzene rings is 1. The van der Waals surface area contributed by atoms with Gasteiger partial charge in [-0.15, -0.1) is 0 Å². The highest BCUT2D eigenvalue weighted by Gasteiger charge is 2.13. The molecule has 0 radical (unpaired) electrons. The zero-order valence-corrected chi connectivity index (χ0v) is 12.8. The fourth-order valence-corrected chi connectivity index (χ4v) is 1.72. The molecule has 1 aromatic carbocycles. The van der Waals surface area contributed by atoms with Crippen LogP contribution in [0.1, 0.15) is 20.3 Å². The van der Waals surface area contributed by atoms with Crippen LogP contribution in [0.5, 0.6) is 5.75 Å². The van der Waals surface area contributed by atoms with Gasteiger partial charge in [0.25, 0.3) is 0 Å². The highest BCUT2D eigenvalue weighted by Crippen LogP contribution is 2.14. The molecule has 0 atom stereocenters. The first-order valence-electron chi connectivity index (χ1n) is 6.90. The van der Waals surface area contributed by atoms with Crippen LogP contribution in [0.3, 0.4) is 0 Å². The largest absolute Gasteiger partial charge is 0.493 e. The van der Waals surface area contributed by atoms with Crippen LogP contribution in [0.25, 0.3) is 0 Å². The van der Waals surface area contributed by atoms with Gasteiger partial charge in [0.2, 0.25) is 11.8 Å². The van der Waals surface area contributed by atoms with E-state index in [0.717, 1.165) is 0 Å². The van der Waals surface area contributed by atoms with Crippen molar-refractivity contribution in [1.29, 1.82) is 0 Å². The molecule has 21 heavy (non-hydrogen) atoms. The van der Waals surface area contributed by atoms with Crippen LogP contribution in [-0.2, 0) is 9.59 Å². The lowest BCUT2D eigenvalue weighted by atomic mass is 10.3. The van der Waals surface area contributed by atoms with E-state index in [1.165, 1.54) is 4.90 Å². The molecule has 6 nitrogen and oxygen atoms in total. The second-order valence-corrected chi connectivity index (χ2v) is 5.14. The number of carbonyl (C=O) groups excluding carboxylic acids is 2. The molecule has 1 rings (SSSR count). The maximum atomic E-state index is 11.9. The molecule has 6 heteroatoms. The first kappa shape index (κ1) is 16.8. The predicted molar refractivity (Wildman–Crippen MR) is 81.9 cm³/mol. The van der Waals surface area contributed by atoms with Gasteiger partial charge in [-0.05, 0) is 26.0 Å². The third kappa shape index (κ3) is 6.65. The maximum absolute atomic E-state index is 11.9. The zero-order valence-electron chi connectivity index (χ0n) is 12.8. The normalized spacial score (nSPS) is 10.3. The van der Waals surface area contributed by atoms with Gasteiger partial charge in [0.15, 0.2) is 0 Å². The fraction of sp³-hybridized carbons (Fsp3) is 0.467. The minimum atomic E-state index is -0.169. The van der Waals surface area contributed by atoms with Crippen LogP contribution in [0.4, 0.5) is 5.69 Å². The molecule has 0 heterocycles. The van der Waals surface area contributed by atoms with E-state index in [1.54, 1.807) is 31.3 Å². The molecule has 2 amide bonds. The predicted octanol–water partition coefficient (Wildman–Crippen LogP) is 1.02. The van der Waals surface area contributed by atoms with Crippen LogP contribution in [-0.4, -0.2) is 43.0 Å². The Labute approximate surface area is 125 Å². The Morgan fingerprint density at radius 2 is 2.10 bits per heavy atom. The molecule has 116 valence electrons. The van der Waals surface area contributed by atoms with Gasteiger partial charge in [0.1, 0.15) is 5.75 Å². The third-order valence-electron chi connectivity index (χ3n) is 2.70. The number of anilines is 1. The van der Waals surface area contributed by atoms with Crippen LogP contribution in [0, 0.1) is 0 Å². The standard InChI is InChI=1S/C15H23N3O3/c1-11(2)17-14(19)10-18(3)15(20)7-8-21-13-6-4-5-12(16)9-13/h4-6,9,11H,7-8,10,16H2,1-3H3,(H,17,19). The van der Waals surface area contributed by atoms with Crippen molar-refractivity contribution in [2.24, 2.45) is 0 Å². The molecule has 0 spiro atoms. The lowest BCUT2D eigenvalue weighted by Gasteiger charge is -2.18. The number of rotatable bonds is 7.